The highest BCUT2D eigenvalue weighted by atomic mass is 19.4. The number of hydrogen-bond donors (Lipinski definition) is 2. The molecule has 0 radical (unpaired) electrons. The van der Waals surface area contributed by atoms with Crippen LogP contribution in [0.25, 0.3) is 0 Å². The van der Waals surface area contributed by atoms with Crippen molar-refractivity contribution in [2.75, 3.05) is 41.4 Å². The van der Waals surface area contributed by atoms with Gasteiger partial charge < -0.3 is 25.2 Å². The van der Waals surface area contributed by atoms with E-state index >= 15 is 0 Å². The summed E-state index contributed by atoms with van der Waals surface area (Å²) in [5.74, 6) is -0.0548. The fraction of sp³-hybridized carbons (Fsp3) is 0.571. The van der Waals surface area contributed by atoms with E-state index in [9.17, 15) is 18.0 Å². The summed E-state index contributed by atoms with van der Waals surface area (Å²) in [4.78, 5) is 22.6. The maximum atomic E-state index is 14.0. The first kappa shape index (κ1) is 26.7. The van der Waals surface area contributed by atoms with Crippen LogP contribution in [0.2, 0.25) is 0 Å². The Bertz CT molecular complexity index is 1130. The maximum absolute atomic E-state index is 14.0. The smallest absolute Gasteiger partial charge is 0.378 e. The van der Waals surface area contributed by atoms with Crippen LogP contribution >= 0.6 is 0 Å². The molecule has 0 spiro atoms. The Labute approximate surface area is 221 Å². The fourth-order valence-corrected chi connectivity index (χ4v) is 5.77. The lowest BCUT2D eigenvalue weighted by molar-refractivity contribution is -0.168. The van der Waals surface area contributed by atoms with Gasteiger partial charge >= 0.3 is 6.18 Å². The predicted molar refractivity (Wildman–Crippen MR) is 142 cm³/mol. The molecule has 10 heteroatoms. The highest BCUT2D eigenvalue weighted by Gasteiger charge is 2.43. The number of anilines is 4. The molecule has 1 saturated heterocycles. The summed E-state index contributed by atoms with van der Waals surface area (Å²) in [6, 6.07) is 8.15. The summed E-state index contributed by atoms with van der Waals surface area (Å²) in [6.07, 6.45) is -0.363. The molecule has 1 amide bonds. The first-order chi connectivity index (χ1) is 18.2. The molecular formula is C28H36F3N5O2. The third-order valence-electron chi connectivity index (χ3n) is 7.90. The highest BCUT2D eigenvalue weighted by Crippen LogP contribution is 2.40. The monoisotopic (exact) mass is 531 g/mol. The number of fused-ring (bicyclic) bond motifs is 2. The number of carbonyl (C=O) groups excluding carboxylic acids is 1. The van der Waals surface area contributed by atoms with Gasteiger partial charge in [-0.2, -0.15) is 13.2 Å². The van der Waals surface area contributed by atoms with E-state index in [2.05, 4.69) is 32.7 Å². The summed E-state index contributed by atoms with van der Waals surface area (Å²) in [5, 5.41) is 6.24. The van der Waals surface area contributed by atoms with E-state index in [0.29, 0.717) is 45.4 Å². The van der Waals surface area contributed by atoms with Crippen LogP contribution in [0.4, 0.5) is 36.1 Å². The van der Waals surface area contributed by atoms with E-state index in [1.54, 1.807) is 20.0 Å². The molecule has 5 rings (SSSR count). The number of nitrogens with one attached hydrogen (secondary N) is 2. The minimum absolute atomic E-state index is 0.0126. The first-order valence-electron chi connectivity index (χ1n) is 13.5. The number of alkyl halides is 3. The minimum atomic E-state index is -4.29. The molecule has 1 aromatic carbocycles. The third-order valence-corrected chi connectivity index (χ3v) is 7.90. The van der Waals surface area contributed by atoms with Gasteiger partial charge in [-0.3, -0.25) is 4.79 Å². The fourth-order valence-electron chi connectivity index (χ4n) is 5.77. The molecule has 206 valence electrons. The Morgan fingerprint density at radius 1 is 1.13 bits per heavy atom. The molecule has 38 heavy (non-hydrogen) atoms. The Balaban J connectivity index is 1.36. The number of morpholine rings is 1. The van der Waals surface area contributed by atoms with Gasteiger partial charge in [-0.05, 0) is 55.9 Å². The Morgan fingerprint density at radius 3 is 2.55 bits per heavy atom. The van der Waals surface area contributed by atoms with E-state index in [1.165, 1.54) is 0 Å². The molecule has 2 aliphatic heterocycles. The van der Waals surface area contributed by atoms with Crippen molar-refractivity contribution >= 4 is 28.8 Å². The van der Waals surface area contributed by atoms with Gasteiger partial charge in [0.25, 0.3) is 0 Å². The maximum Gasteiger partial charge on any atom is 0.404 e. The lowest BCUT2D eigenvalue weighted by atomic mass is 9.84. The molecular weight excluding hydrogens is 495 g/mol. The van der Waals surface area contributed by atoms with Crippen LogP contribution in [-0.2, 0) is 16.1 Å². The van der Waals surface area contributed by atoms with E-state index in [4.69, 9.17) is 4.74 Å². The summed E-state index contributed by atoms with van der Waals surface area (Å²) < 4.78 is 46.0. The van der Waals surface area contributed by atoms with Crippen LogP contribution in [0.15, 0.2) is 36.5 Å². The van der Waals surface area contributed by atoms with Crippen LogP contribution in [-0.4, -0.2) is 55.5 Å². The summed E-state index contributed by atoms with van der Waals surface area (Å²) in [7, 11) is 0. The summed E-state index contributed by atoms with van der Waals surface area (Å²) >= 11 is 0. The van der Waals surface area contributed by atoms with Crippen LogP contribution in [0.1, 0.15) is 45.1 Å². The molecule has 0 unspecified atom stereocenters. The van der Waals surface area contributed by atoms with Crippen molar-refractivity contribution < 1.29 is 22.7 Å². The number of hydrogen-bond acceptors (Lipinski definition) is 6. The van der Waals surface area contributed by atoms with Gasteiger partial charge in [0, 0.05) is 42.5 Å². The average molecular weight is 532 g/mol. The highest BCUT2D eigenvalue weighted by molar-refractivity contribution is 6.00. The van der Waals surface area contributed by atoms with Gasteiger partial charge in [0.05, 0.1) is 31.1 Å². The second-order valence-electron chi connectivity index (χ2n) is 10.8. The van der Waals surface area contributed by atoms with Crippen molar-refractivity contribution in [2.45, 2.75) is 64.3 Å². The van der Waals surface area contributed by atoms with E-state index in [-0.39, 0.29) is 17.9 Å². The minimum Gasteiger partial charge on any atom is -0.378 e. The summed E-state index contributed by atoms with van der Waals surface area (Å²) in [5.41, 5.74) is 3.57. The SMILES string of the molecule is CC(C)[C@H](N[C@H]1CC[C@H](C(=O)N2Cc3cccnc3Nc3ccc(N4CCOCC4)cc32)CC1)C(F)(F)F. The lowest BCUT2D eigenvalue weighted by Gasteiger charge is -2.36. The number of pyridine rings is 1. The number of benzene rings is 1. The quantitative estimate of drug-likeness (QED) is 0.550. The lowest BCUT2D eigenvalue weighted by Crippen LogP contribution is -2.51. The number of carbonyl (C=O) groups is 1. The van der Waals surface area contributed by atoms with Crippen molar-refractivity contribution in [3.8, 4) is 0 Å². The van der Waals surface area contributed by atoms with E-state index in [1.807, 2.05) is 23.1 Å². The molecule has 1 atom stereocenters. The molecule has 2 N–H and O–H groups in total. The number of rotatable bonds is 5. The van der Waals surface area contributed by atoms with Crippen LogP contribution in [0.3, 0.4) is 0 Å². The zero-order chi connectivity index (χ0) is 26.9. The predicted octanol–water partition coefficient (Wildman–Crippen LogP) is 5.24. The zero-order valence-corrected chi connectivity index (χ0v) is 21.9. The standard InChI is InChI=1S/C28H36F3N5O2/c1-18(2)25(28(29,30)31)33-21-7-5-19(6-8-21)27(37)36-17-20-4-3-11-32-26(20)34-23-10-9-22(16-24(23)36)35-12-14-38-15-13-35/h3-4,9-11,16,18-19,21,25,33H,5-8,12-15,17H2,1-2H3,(H,32,34)/t19-,21-,25-/m0/s1. The van der Waals surface area contributed by atoms with Crippen molar-refractivity contribution in [2.24, 2.45) is 11.8 Å². The van der Waals surface area contributed by atoms with Crippen molar-refractivity contribution in [3.05, 3.63) is 42.1 Å². The average Bonchev–Trinajstić information content (AvgIpc) is 3.07. The Kier molecular flexibility index (Phi) is 7.81. The van der Waals surface area contributed by atoms with Gasteiger partial charge in [-0.15, -0.1) is 0 Å². The number of nitrogens with zero attached hydrogens (tertiary/aromatic N) is 3. The number of aromatic nitrogens is 1. The third kappa shape index (κ3) is 5.76. The van der Waals surface area contributed by atoms with E-state index < -0.39 is 18.1 Å². The van der Waals surface area contributed by atoms with Crippen LogP contribution < -0.4 is 20.4 Å². The second kappa shape index (κ2) is 11.1. The number of amides is 1. The second-order valence-corrected chi connectivity index (χ2v) is 10.8. The Morgan fingerprint density at radius 2 is 1.87 bits per heavy atom. The van der Waals surface area contributed by atoms with Crippen molar-refractivity contribution in [1.29, 1.82) is 0 Å². The molecule has 1 saturated carbocycles. The molecule has 1 aliphatic carbocycles. The molecule has 7 nitrogen and oxygen atoms in total. The van der Waals surface area contributed by atoms with Gasteiger partial charge in [0.1, 0.15) is 11.9 Å². The van der Waals surface area contributed by atoms with Gasteiger partial charge in [-0.25, -0.2) is 4.98 Å². The number of halogens is 3. The Hall–Kier alpha value is -2.85. The van der Waals surface area contributed by atoms with Gasteiger partial charge in [-0.1, -0.05) is 19.9 Å². The van der Waals surface area contributed by atoms with Crippen molar-refractivity contribution in [3.63, 3.8) is 0 Å². The molecule has 3 heterocycles. The summed E-state index contributed by atoms with van der Waals surface area (Å²) in [6.45, 7) is 6.46. The largest absolute Gasteiger partial charge is 0.404 e. The normalized spacial score (nSPS) is 22.8. The molecule has 2 fully saturated rings. The first-order valence-corrected chi connectivity index (χ1v) is 13.5. The molecule has 3 aliphatic rings. The van der Waals surface area contributed by atoms with Gasteiger partial charge in [0.2, 0.25) is 5.91 Å². The van der Waals surface area contributed by atoms with E-state index in [0.717, 1.165) is 41.5 Å². The molecule has 0 bridgehead atoms. The zero-order valence-electron chi connectivity index (χ0n) is 21.9. The number of ether oxygens (including phenoxy) is 1. The van der Waals surface area contributed by atoms with Gasteiger partial charge in [0.15, 0.2) is 0 Å². The van der Waals surface area contributed by atoms with Crippen LogP contribution in [0, 0.1) is 11.8 Å². The molecule has 2 aromatic rings. The topological polar surface area (TPSA) is 69.7 Å². The van der Waals surface area contributed by atoms with Crippen LogP contribution in [0.5, 0.6) is 0 Å². The molecule has 1 aromatic heterocycles. The van der Waals surface area contributed by atoms with Crippen molar-refractivity contribution in [1.82, 2.24) is 10.3 Å².